The molecule has 0 saturated carbocycles. The minimum Gasteiger partial charge on any atom is -0.381 e. The molecule has 2 aromatic heterocycles. The van der Waals surface area contributed by atoms with E-state index < -0.39 is 0 Å². The van der Waals surface area contributed by atoms with Crippen LogP contribution in [0.5, 0.6) is 0 Å². The summed E-state index contributed by atoms with van der Waals surface area (Å²) in [5.41, 5.74) is 1.84. The smallest absolute Gasteiger partial charge is 0.255 e. The third-order valence-electron chi connectivity index (χ3n) is 3.32. The summed E-state index contributed by atoms with van der Waals surface area (Å²) in [6, 6.07) is 1.87. The molecule has 19 heavy (non-hydrogen) atoms. The number of rotatable bonds is 2. The maximum atomic E-state index is 12.2. The van der Waals surface area contributed by atoms with Gasteiger partial charge in [0.2, 0.25) is 0 Å². The Bertz CT molecular complexity index is 605. The van der Waals surface area contributed by atoms with Crippen molar-refractivity contribution in [3.8, 4) is 0 Å². The fraction of sp³-hybridized carbons (Fsp3) is 0.385. The van der Waals surface area contributed by atoms with Gasteiger partial charge in [0, 0.05) is 31.6 Å². The van der Waals surface area contributed by atoms with Crippen molar-refractivity contribution in [3.05, 3.63) is 29.0 Å². The van der Waals surface area contributed by atoms with Crippen molar-refractivity contribution in [1.82, 2.24) is 15.3 Å². The highest BCUT2D eigenvalue weighted by atomic mass is 35.5. The average Bonchev–Trinajstić information content (AvgIpc) is 2.85. The van der Waals surface area contributed by atoms with E-state index in [-0.39, 0.29) is 11.9 Å². The van der Waals surface area contributed by atoms with Crippen LogP contribution in [-0.4, -0.2) is 35.1 Å². The number of ether oxygens (including phenoxy) is 1. The van der Waals surface area contributed by atoms with Gasteiger partial charge in [-0.15, -0.1) is 0 Å². The van der Waals surface area contributed by atoms with Gasteiger partial charge in [0.05, 0.1) is 16.1 Å². The number of nitrogens with one attached hydrogen (secondary N) is 2. The van der Waals surface area contributed by atoms with E-state index in [0.717, 1.165) is 12.8 Å². The van der Waals surface area contributed by atoms with E-state index in [1.165, 1.54) is 0 Å². The number of amides is 1. The number of H-pyrrole nitrogens is 1. The predicted octanol–water partition coefficient (Wildman–Crippen LogP) is 2.13. The molecule has 0 radical (unpaired) electrons. The number of carbonyl (C=O) groups excluding carboxylic acids is 1. The average molecular weight is 280 g/mol. The number of aromatic nitrogens is 2. The van der Waals surface area contributed by atoms with Crippen molar-refractivity contribution < 1.29 is 9.53 Å². The number of hydrogen-bond donors (Lipinski definition) is 2. The summed E-state index contributed by atoms with van der Waals surface area (Å²) in [6.07, 6.45) is 4.95. The third-order valence-corrected chi connectivity index (χ3v) is 3.63. The predicted molar refractivity (Wildman–Crippen MR) is 72.4 cm³/mol. The van der Waals surface area contributed by atoms with Crippen LogP contribution in [0.2, 0.25) is 5.02 Å². The maximum Gasteiger partial charge on any atom is 0.255 e. The van der Waals surface area contributed by atoms with Crippen molar-refractivity contribution in [1.29, 1.82) is 0 Å². The van der Waals surface area contributed by atoms with Gasteiger partial charge < -0.3 is 15.0 Å². The topological polar surface area (TPSA) is 67.0 Å². The summed E-state index contributed by atoms with van der Waals surface area (Å²) in [5, 5.41) is 3.58. The molecule has 5 nitrogen and oxygen atoms in total. The van der Waals surface area contributed by atoms with Gasteiger partial charge in [-0.3, -0.25) is 9.78 Å². The molecule has 6 heteroatoms. The lowest BCUT2D eigenvalue weighted by molar-refractivity contribution is 0.0697. The molecule has 1 aliphatic heterocycles. The number of halogens is 1. The van der Waals surface area contributed by atoms with Gasteiger partial charge in [-0.05, 0) is 18.9 Å². The van der Waals surface area contributed by atoms with E-state index >= 15 is 0 Å². The first kappa shape index (κ1) is 12.4. The number of pyridine rings is 1. The van der Waals surface area contributed by atoms with Gasteiger partial charge >= 0.3 is 0 Å². The van der Waals surface area contributed by atoms with E-state index in [4.69, 9.17) is 16.3 Å². The zero-order chi connectivity index (χ0) is 13.2. The molecular weight excluding hydrogens is 266 g/mol. The number of carbonyl (C=O) groups is 1. The Balaban J connectivity index is 1.83. The summed E-state index contributed by atoms with van der Waals surface area (Å²) in [5.74, 6) is -0.118. The molecule has 0 spiro atoms. The van der Waals surface area contributed by atoms with Gasteiger partial charge in [-0.2, -0.15) is 0 Å². The second-order valence-electron chi connectivity index (χ2n) is 4.58. The van der Waals surface area contributed by atoms with Gasteiger partial charge in [-0.25, -0.2) is 0 Å². The molecule has 100 valence electrons. The van der Waals surface area contributed by atoms with Crippen molar-refractivity contribution in [3.63, 3.8) is 0 Å². The van der Waals surface area contributed by atoms with Crippen LogP contribution >= 0.6 is 11.6 Å². The Morgan fingerprint density at radius 3 is 3.05 bits per heavy atom. The lowest BCUT2D eigenvalue weighted by Gasteiger charge is -2.22. The Kier molecular flexibility index (Phi) is 3.40. The highest BCUT2D eigenvalue weighted by Crippen LogP contribution is 2.23. The molecule has 0 unspecified atom stereocenters. The van der Waals surface area contributed by atoms with Crippen LogP contribution in [0.3, 0.4) is 0 Å². The second kappa shape index (κ2) is 5.19. The standard InChI is InChI=1S/C13H14ClN3O2/c14-10-1-4-15-11-9(7-16-12(10)11)13(18)17-8-2-5-19-6-3-8/h1,4,7-8,16H,2-3,5-6H2,(H,17,18). The summed E-state index contributed by atoms with van der Waals surface area (Å²) in [4.78, 5) is 19.5. The largest absolute Gasteiger partial charge is 0.381 e. The van der Waals surface area contributed by atoms with E-state index in [0.29, 0.717) is 34.8 Å². The summed E-state index contributed by atoms with van der Waals surface area (Å²) < 4.78 is 5.27. The van der Waals surface area contributed by atoms with Crippen molar-refractivity contribution >= 4 is 28.5 Å². The molecule has 2 N–H and O–H groups in total. The third kappa shape index (κ3) is 2.43. The van der Waals surface area contributed by atoms with Crippen LogP contribution in [-0.2, 0) is 4.74 Å². The monoisotopic (exact) mass is 279 g/mol. The Labute approximate surface area is 115 Å². The minimum atomic E-state index is -0.118. The van der Waals surface area contributed by atoms with Crippen molar-refractivity contribution in [2.24, 2.45) is 0 Å². The zero-order valence-electron chi connectivity index (χ0n) is 10.3. The number of nitrogens with zero attached hydrogens (tertiary/aromatic N) is 1. The van der Waals surface area contributed by atoms with E-state index in [1.54, 1.807) is 18.5 Å². The molecule has 0 atom stereocenters. The first-order valence-electron chi connectivity index (χ1n) is 6.26. The van der Waals surface area contributed by atoms with Crippen LogP contribution in [0.15, 0.2) is 18.5 Å². The van der Waals surface area contributed by atoms with Gasteiger partial charge in [-0.1, -0.05) is 11.6 Å². The Morgan fingerprint density at radius 2 is 2.26 bits per heavy atom. The summed E-state index contributed by atoms with van der Waals surface area (Å²) >= 11 is 6.05. The van der Waals surface area contributed by atoms with E-state index in [1.807, 2.05) is 0 Å². The molecule has 0 aliphatic carbocycles. The molecule has 1 amide bonds. The van der Waals surface area contributed by atoms with Crippen molar-refractivity contribution in [2.75, 3.05) is 13.2 Å². The normalized spacial score (nSPS) is 16.7. The van der Waals surface area contributed by atoms with E-state index in [2.05, 4.69) is 15.3 Å². The lowest BCUT2D eigenvalue weighted by Crippen LogP contribution is -2.38. The van der Waals surface area contributed by atoms with Gasteiger partial charge in [0.25, 0.3) is 5.91 Å². The maximum absolute atomic E-state index is 12.2. The quantitative estimate of drug-likeness (QED) is 0.885. The van der Waals surface area contributed by atoms with Gasteiger partial charge in [0.15, 0.2) is 0 Å². The summed E-state index contributed by atoms with van der Waals surface area (Å²) in [6.45, 7) is 1.39. The molecule has 3 heterocycles. The highest BCUT2D eigenvalue weighted by molar-refractivity contribution is 6.35. The zero-order valence-corrected chi connectivity index (χ0v) is 11.0. The Morgan fingerprint density at radius 1 is 1.47 bits per heavy atom. The van der Waals surface area contributed by atoms with Gasteiger partial charge in [0.1, 0.15) is 5.52 Å². The molecule has 2 aromatic rings. The number of aromatic amines is 1. The first-order chi connectivity index (χ1) is 9.25. The lowest BCUT2D eigenvalue weighted by atomic mass is 10.1. The Hall–Kier alpha value is -1.59. The molecular formula is C13H14ClN3O2. The minimum absolute atomic E-state index is 0.118. The number of fused-ring (bicyclic) bond motifs is 1. The molecule has 3 rings (SSSR count). The van der Waals surface area contributed by atoms with Crippen LogP contribution in [0.1, 0.15) is 23.2 Å². The number of hydrogen-bond acceptors (Lipinski definition) is 3. The second-order valence-corrected chi connectivity index (χ2v) is 4.99. The molecule has 0 bridgehead atoms. The van der Waals surface area contributed by atoms with Crippen LogP contribution in [0.25, 0.3) is 11.0 Å². The van der Waals surface area contributed by atoms with Crippen LogP contribution in [0.4, 0.5) is 0 Å². The first-order valence-corrected chi connectivity index (χ1v) is 6.63. The SMILES string of the molecule is O=C(NC1CCOCC1)c1c[nH]c2c(Cl)ccnc12. The molecule has 1 fully saturated rings. The van der Waals surface area contributed by atoms with Crippen LogP contribution < -0.4 is 5.32 Å². The van der Waals surface area contributed by atoms with E-state index in [9.17, 15) is 4.79 Å². The molecule has 1 saturated heterocycles. The van der Waals surface area contributed by atoms with Crippen LogP contribution in [0, 0.1) is 0 Å². The molecule has 1 aliphatic rings. The summed E-state index contributed by atoms with van der Waals surface area (Å²) in [7, 11) is 0. The fourth-order valence-electron chi connectivity index (χ4n) is 2.27. The fourth-order valence-corrected chi connectivity index (χ4v) is 2.47. The highest BCUT2D eigenvalue weighted by Gasteiger charge is 2.20. The molecule has 0 aromatic carbocycles. The van der Waals surface area contributed by atoms with Crippen molar-refractivity contribution in [2.45, 2.75) is 18.9 Å².